The maximum atomic E-state index is 12.7. The van der Waals surface area contributed by atoms with E-state index in [1.54, 1.807) is 6.08 Å². The number of carbonyl (C=O) groups is 2. The SMILES string of the molecule is CCCCC/C=C\C/C=C\C/C=C\CCCCCCC(=O)OC[C@H](COP(=O)(O)OCC[N+](C)(C)C)OC(=O)CCC/C=C\C/C=C\C=C\[C@@H](O)C/C=C\CCCCC. The molecular formula is C48H83NO9P+. The monoisotopic (exact) mass is 849 g/mol. The molecule has 0 heterocycles. The number of hydrogen-bond acceptors (Lipinski definition) is 8. The molecule has 0 aliphatic heterocycles. The van der Waals surface area contributed by atoms with Gasteiger partial charge < -0.3 is 24.0 Å². The van der Waals surface area contributed by atoms with E-state index in [4.69, 9.17) is 18.5 Å². The van der Waals surface area contributed by atoms with E-state index in [1.807, 2.05) is 57.6 Å². The smallest absolute Gasteiger partial charge is 0.462 e. The summed E-state index contributed by atoms with van der Waals surface area (Å²) < 4.78 is 34.2. The number of aliphatic hydroxyl groups is 1. The number of nitrogens with zero attached hydrogens (tertiary/aromatic N) is 1. The zero-order valence-electron chi connectivity index (χ0n) is 37.6. The molecule has 10 nitrogen and oxygen atoms in total. The lowest BCUT2D eigenvalue weighted by atomic mass is 10.1. The van der Waals surface area contributed by atoms with Crippen molar-refractivity contribution >= 4 is 19.8 Å². The van der Waals surface area contributed by atoms with Crippen LogP contribution in [0.2, 0.25) is 0 Å². The van der Waals surface area contributed by atoms with Crippen molar-refractivity contribution in [2.75, 3.05) is 47.5 Å². The molecule has 0 aliphatic rings. The minimum absolute atomic E-state index is 0.00196. The Balaban J connectivity index is 4.57. The third-order valence-corrected chi connectivity index (χ3v) is 9.96. The van der Waals surface area contributed by atoms with Crippen LogP contribution in [0.15, 0.2) is 85.1 Å². The van der Waals surface area contributed by atoms with Crippen LogP contribution in [0.25, 0.3) is 0 Å². The highest BCUT2D eigenvalue weighted by atomic mass is 31.2. The van der Waals surface area contributed by atoms with E-state index in [1.165, 1.54) is 44.9 Å². The summed E-state index contributed by atoms with van der Waals surface area (Å²) in [4.78, 5) is 35.4. The van der Waals surface area contributed by atoms with Gasteiger partial charge in [-0.25, -0.2) is 4.57 Å². The Kier molecular flexibility index (Phi) is 37.4. The maximum absolute atomic E-state index is 12.7. The van der Waals surface area contributed by atoms with Crippen molar-refractivity contribution in [3.05, 3.63) is 85.1 Å². The topological polar surface area (TPSA) is 129 Å². The van der Waals surface area contributed by atoms with Crippen LogP contribution in [-0.2, 0) is 32.7 Å². The van der Waals surface area contributed by atoms with Crippen molar-refractivity contribution in [3.63, 3.8) is 0 Å². The number of esters is 2. The second-order valence-electron chi connectivity index (χ2n) is 15.9. The fourth-order valence-corrected chi connectivity index (χ4v) is 6.13. The molecule has 11 heteroatoms. The predicted molar refractivity (Wildman–Crippen MR) is 244 cm³/mol. The quantitative estimate of drug-likeness (QED) is 0.0155. The molecule has 0 aromatic rings. The molecule has 0 rings (SSSR count). The average Bonchev–Trinajstić information content (AvgIpc) is 3.18. The lowest BCUT2D eigenvalue weighted by Crippen LogP contribution is -2.37. The molecule has 0 saturated carbocycles. The van der Waals surface area contributed by atoms with Crippen molar-refractivity contribution in [2.45, 2.75) is 161 Å². The minimum Gasteiger partial charge on any atom is -0.462 e. The van der Waals surface area contributed by atoms with Crippen molar-refractivity contribution < 1.29 is 47.2 Å². The first-order valence-electron chi connectivity index (χ1n) is 22.4. The Morgan fingerprint density at radius 1 is 0.610 bits per heavy atom. The average molecular weight is 849 g/mol. The van der Waals surface area contributed by atoms with Gasteiger partial charge in [0.25, 0.3) is 0 Å². The number of phosphoric acid groups is 1. The summed E-state index contributed by atoms with van der Waals surface area (Å²) in [5.41, 5.74) is 0. The molecule has 3 atom stereocenters. The normalized spacial score (nSPS) is 14.9. The number of unbranched alkanes of at least 4 members (excludes halogenated alkanes) is 11. The van der Waals surface area contributed by atoms with E-state index in [0.29, 0.717) is 36.7 Å². The molecule has 0 aromatic heterocycles. The van der Waals surface area contributed by atoms with E-state index >= 15 is 0 Å². The molecule has 2 N–H and O–H groups in total. The third kappa shape index (κ3) is 43.1. The molecule has 0 spiro atoms. The number of hydrogen-bond donors (Lipinski definition) is 2. The van der Waals surface area contributed by atoms with Crippen molar-refractivity contribution in [2.24, 2.45) is 0 Å². The number of allylic oxidation sites excluding steroid dienone is 12. The summed E-state index contributed by atoms with van der Waals surface area (Å²) >= 11 is 0. The molecule has 338 valence electrons. The van der Waals surface area contributed by atoms with Gasteiger partial charge in [0.2, 0.25) is 0 Å². The Morgan fingerprint density at radius 2 is 1.14 bits per heavy atom. The van der Waals surface area contributed by atoms with Crippen LogP contribution in [0.3, 0.4) is 0 Å². The van der Waals surface area contributed by atoms with Gasteiger partial charge in [-0.15, -0.1) is 0 Å². The number of carbonyl (C=O) groups excluding carboxylic acids is 2. The summed E-state index contributed by atoms with van der Waals surface area (Å²) in [5.74, 6) is -0.937. The van der Waals surface area contributed by atoms with Crippen LogP contribution < -0.4 is 0 Å². The highest BCUT2D eigenvalue weighted by molar-refractivity contribution is 7.47. The summed E-state index contributed by atoms with van der Waals surface area (Å²) in [6.07, 6.45) is 46.6. The lowest BCUT2D eigenvalue weighted by Gasteiger charge is -2.24. The molecule has 0 fully saturated rings. The highest BCUT2D eigenvalue weighted by Gasteiger charge is 2.27. The standard InChI is InChI=1S/C48H82NO9P/c1-6-8-10-12-14-15-16-17-18-19-20-21-22-23-27-31-35-39-47(51)55-43-46(44-57-59(53,54)56-42-41-49(3,4)5)58-48(52)40-36-32-28-25-24-26-30-34-38-45(50)37-33-29-13-11-9-7-2/h14-15,17-18,20-21,25-26,28-30,33-34,38,45-46,50H,6-13,16,19,22-24,27,31-32,35-37,39-44H2,1-5H3/p+1/b15-14-,18-17-,21-20-,28-25-,30-26-,33-29-,38-34+/t45-,46+/m0/s1. The molecule has 0 aromatic carbocycles. The minimum atomic E-state index is -4.42. The number of ether oxygens (including phenoxy) is 2. The molecule has 0 bridgehead atoms. The van der Waals surface area contributed by atoms with Gasteiger partial charge in [0.15, 0.2) is 6.10 Å². The first kappa shape index (κ1) is 56.1. The second kappa shape index (κ2) is 39.3. The summed E-state index contributed by atoms with van der Waals surface area (Å²) in [6.45, 7) is 4.16. The number of phosphoric ester groups is 1. The fraction of sp³-hybridized carbons (Fsp3) is 0.667. The van der Waals surface area contributed by atoms with Crippen molar-refractivity contribution in [1.82, 2.24) is 0 Å². The molecule has 1 unspecified atom stereocenters. The second-order valence-corrected chi connectivity index (χ2v) is 17.4. The van der Waals surface area contributed by atoms with Crippen LogP contribution in [0.5, 0.6) is 0 Å². The van der Waals surface area contributed by atoms with Gasteiger partial charge in [-0.1, -0.05) is 137 Å². The van der Waals surface area contributed by atoms with Gasteiger partial charge in [0.1, 0.15) is 19.8 Å². The van der Waals surface area contributed by atoms with Crippen LogP contribution in [0, 0.1) is 0 Å². The summed E-state index contributed by atoms with van der Waals surface area (Å²) in [5, 5.41) is 10.1. The van der Waals surface area contributed by atoms with Gasteiger partial charge in [-0.05, 0) is 83.5 Å². The van der Waals surface area contributed by atoms with Crippen LogP contribution >= 0.6 is 7.82 Å². The first-order valence-corrected chi connectivity index (χ1v) is 23.9. The number of likely N-dealkylation sites (N-methyl/N-ethyl adjacent to an activating group) is 1. The van der Waals surface area contributed by atoms with Gasteiger partial charge >= 0.3 is 19.8 Å². The molecule has 0 amide bonds. The van der Waals surface area contributed by atoms with E-state index in [-0.39, 0.29) is 26.1 Å². The van der Waals surface area contributed by atoms with Crippen molar-refractivity contribution in [3.8, 4) is 0 Å². The predicted octanol–water partition coefficient (Wildman–Crippen LogP) is 11.8. The van der Waals surface area contributed by atoms with Gasteiger partial charge in [-0.3, -0.25) is 18.6 Å². The number of rotatable bonds is 39. The molecule has 59 heavy (non-hydrogen) atoms. The Labute approximate surface area is 359 Å². The zero-order chi connectivity index (χ0) is 43.7. The van der Waals surface area contributed by atoms with Crippen LogP contribution in [0.4, 0.5) is 0 Å². The van der Waals surface area contributed by atoms with Crippen molar-refractivity contribution in [1.29, 1.82) is 0 Å². The van der Waals surface area contributed by atoms with Gasteiger partial charge in [-0.2, -0.15) is 0 Å². The maximum Gasteiger partial charge on any atom is 0.472 e. The van der Waals surface area contributed by atoms with E-state index < -0.39 is 38.6 Å². The molecule has 0 radical (unpaired) electrons. The zero-order valence-corrected chi connectivity index (χ0v) is 38.5. The van der Waals surface area contributed by atoms with Gasteiger partial charge in [0.05, 0.1) is 33.9 Å². The fourth-order valence-electron chi connectivity index (χ4n) is 5.39. The van der Waals surface area contributed by atoms with E-state index in [0.717, 1.165) is 51.4 Å². The molecular weight excluding hydrogens is 765 g/mol. The Hall–Kier alpha value is -2.85. The van der Waals surface area contributed by atoms with Crippen LogP contribution in [0.1, 0.15) is 149 Å². The van der Waals surface area contributed by atoms with E-state index in [9.17, 15) is 24.2 Å². The summed E-state index contributed by atoms with van der Waals surface area (Å²) in [7, 11) is 1.38. The number of aliphatic hydroxyl groups excluding tert-OH is 1. The van der Waals surface area contributed by atoms with Gasteiger partial charge in [0, 0.05) is 12.8 Å². The van der Waals surface area contributed by atoms with Crippen LogP contribution in [-0.4, -0.2) is 86.1 Å². The largest absolute Gasteiger partial charge is 0.472 e. The highest BCUT2D eigenvalue weighted by Crippen LogP contribution is 2.43. The summed E-state index contributed by atoms with van der Waals surface area (Å²) in [6, 6.07) is 0. The Morgan fingerprint density at radius 3 is 1.75 bits per heavy atom. The Bertz CT molecular complexity index is 1300. The lowest BCUT2D eigenvalue weighted by molar-refractivity contribution is -0.870. The first-order chi connectivity index (χ1) is 28.4. The van der Waals surface area contributed by atoms with E-state index in [2.05, 4.69) is 56.4 Å². The molecule has 0 saturated heterocycles. The molecule has 0 aliphatic carbocycles. The number of quaternary nitrogens is 1. The third-order valence-electron chi connectivity index (χ3n) is 8.98.